The molecule has 0 heterocycles. The predicted octanol–water partition coefficient (Wildman–Crippen LogP) is 3.78. The van der Waals surface area contributed by atoms with Gasteiger partial charge in [-0.05, 0) is 49.6 Å². The van der Waals surface area contributed by atoms with E-state index in [1.807, 2.05) is 12.1 Å². The molecule has 0 bridgehead atoms. The van der Waals surface area contributed by atoms with E-state index in [1.54, 1.807) is 7.11 Å². The zero-order chi connectivity index (χ0) is 12.7. The minimum absolute atomic E-state index is 0.601. The van der Waals surface area contributed by atoms with E-state index < -0.39 is 0 Å². The van der Waals surface area contributed by atoms with Crippen molar-refractivity contribution in [3.05, 3.63) is 28.2 Å². The molecule has 96 valence electrons. The summed E-state index contributed by atoms with van der Waals surface area (Å²) in [6.07, 6.45) is 3.37. The van der Waals surface area contributed by atoms with Gasteiger partial charge in [-0.1, -0.05) is 29.8 Å². The van der Waals surface area contributed by atoms with Crippen molar-refractivity contribution >= 4 is 15.9 Å². The Balaban J connectivity index is 2.63. The molecule has 1 rings (SSSR count). The summed E-state index contributed by atoms with van der Waals surface area (Å²) < 4.78 is 6.50. The molecule has 1 unspecified atom stereocenters. The number of hydrogen-bond donors (Lipinski definition) is 1. The lowest BCUT2D eigenvalue weighted by Crippen LogP contribution is -2.28. The van der Waals surface area contributed by atoms with Crippen LogP contribution in [0.4, 0.5) is 0 Å². The van der Waals surface area contributed by atoms with E-state index in [0.717, 1.165) is 29.6 Å². The minimum atomic E-state index is 0.601. The summed E-state index contributed by atoms with van der Waals surface area (Å²) in [6.45, 7) is 5.42. The normalized spacial score (nSPS) is 12.5. The maximum atomic E-state index is 5.38. The highest BCUT2D eigenvalue weighted by Crippen LogP contribution is 2.24. The zero-order valence-corrected chi connectivity index (χ0v) is 12.5. The van der Waals surface area contributed by atoms with Crippen LogP contribution in [0.15, 0.2) is 22.7 Å². The molecule has 0 aliphatic heterocycles. The Labute approximate surface area is 113 Å². The van der Waals surface area contributed by atoms with Crippen LogP contribution in [0, 0.1) is 0 Å². The number of hydrogen-bond acceptors (Lipinski definition) is 2. The van der Waals surface area contributed by atoms with Gasteiger partial charge in [0.25, 0.3) is 0 Å². The van der Waals surface area contributed by atoms with Crippen LogP contribution in [0.2, 0.25) is 0 Å². The van der Waals surface area contributed by atoms with Crippen molar-refractivity contribution in [2.75, 3.05) is 13.7 Å². The lowest BCUT2D eigenvalue weighted by Gasteiger charge is -2.16. The number of nitrogens with one attached hydrogen (secondary N) is 1. The highest BCUT2D eigenvalue weighted by atomic mass is 79.9. The van der Waals surface area contributed by atoms with Gasteiger partial charge in [0.15, 0.2) is 0 Å². The SMILES string of the molecule is CCNC(CC)CCc1cc(Br)ccc1OC. The smallest absolute Gasteiger partial charge is 0.122 e. The van der Waals surface area contributed by atoms with Crippen molar-refractivity contribution in [3.8, 4) is 5.75 Å². The van der Waals surface area contributed by atoms with E-state index in [2.05, 4.69) is 41.2 Å². The number of methoxy groups -OCH3 is 1. The lowest BCUT2D eigenvalue weighted by molar-refractivity contribution is 0.405. The predicted molar refractivity (Wildman–Crippen MR) is 76.8 cm³/mol. The summed E-state index contributed by atoms with van der Waals surface area (Å²) in [5.74, 6) is 0.986. The summed E-state index contributed by atoms with van der Waals surface area (Å²) in [6, 6.07) is 6.79. The number of aryl methyl sites for hydroxylation is 1. The first-order chi connectivity index (χ1) is 8.21. The topological polar surface area (TPSA) is 21.3 Å². The van der Waals surface area contributed by atoms with Gasteiger partial charge in [0, 0.05) is 10.5 Å². The molecule has 0 radical (unpaired) electrons. The van der Waals surface area contributed by atoms with Crippen molar-refractivity contribution in [3.63, 3.8) is 0 Å². The second-order valence-electron chi connectivity index (χ2n) is 4.16. The van der Waals surface area contributed by atoms with Crippen molar-refractivity contribution in [1.29, 1.82) is 0 Å². The number of benzene rings is 1. The number of halogens is 1. The number of rotatable bonds is 7. The first-order valence-corrected chi connectivity index (χ1v) is 7.06. The van der Waals surface area contributed by atoms with Crippen LogP contribution in [0.1, 0.15) is 32.3 Å². The van der Waals surface area contributed by atoms with Crippen LogP contribution in [0.25, 0.3) is 0 Å². The average molecular weight is 300 g/mol. The van der Waals surface area contributed by atoms with Crippen molar-refractivity contribution in [2.45, 2.75) is 39.2 Å². The molecule has 0 fully saturated rings. The van der Waals surface area contributed by atoms with E-state index in [4.69, 9.17) is 4.74 Å². The maximum Gasteiger partial charge on any atom is 0.122 e. The molecule has 0 aliphatic rings. The minimum Gasteiger partial charge on any atom is -0.496 e. The fourth-order valence-corrected chi connectivity index (χ4v) is 2.42. The molecular formula is C14H22BrNO. The third-order valence-electron chi connectivity index (χ3n) is 2.99. The maximum absolute atomic E-state index is 5.38. The third-order valence-corrected chi connectivity index (χ3v) is 3.48. The Bertz CT molecular complexity index is 341. The molecule has 1 aromatic rings. The van der Waals surface area contributed by atoms with Crippen LogP contribution in [0.3, 0.4) is 0 Å². The highest BCUT2D eigenvalue weighted by molar-refractivity contribution is 9.10. The first kappa shape index (κ1) is 14.5. The molecule has 0 aromatic heterocycles. The largest absolute Gasteiger partial charge is 0.496 e. The van der Waals surface area contributed by atoms with Gasteiger partial charge < -0.3 is 10.1 Å². The molecule has 1 aromatic carbocycles. The summed E-state index contributed by atoms with van der Waals surface area (Å²) in [4.78, 5) is 0. The Morgan fingerprint density at radius 1 is 1.35 bits per heavy atom. The fourth-order valence-electron chi connectivity index (χ4n) is 2.01. The van der Waals surface area contributed by atoms with Crippen LogP contribution >= 0.6 is 15.9 Å². The van der Waals surface area contributed by atoms with Crippen LogP contribution < -0.4 is 10.1 Å². The van der Waals surface area contributed by atoms with Gasteiger partial charge >= 0.3 is 0 Å². The van der Waals surface area contributed by atoms with E-state index in [-0.39, 0.29) is 0 Å². The van der Waals surface area contributed by atoms with Crippen LogP contribution in [-0.2, 0) is 6.42 Å². The molecule has 2 nitrogen and oxygen atoms in total. The summed E-state index contributed by atoms with van der Waals surface area (Å²) in [5, 5.41) is 3.50. The van der Waals surface area contributed by atoms with Gasteiger partial charge in [-0.3, -0.25) is 0 Å². The quantitative estimate of drug-likeness (QED) is 0.827. The molecule has 0 spiro atoms. The molecule has 0 saturated carbocycles. The second kappa shape index (κ2) is 7.72. The van der Waals surface area contributed by atoms with Gasteiger partial charge in [-0.25, -0.2) is 0 Å². The Morgan fingerprint density at radius 3 is 2.71 bits per heavy atom. The molecule has 0 aliphatic carbocycles. The Morgan fingerprint density at radius 2 is 2.12 bits per heavy atom. The molecule has 1 N–H and O–H groups in total. The molecule has 1 atom stereocenters. The van der Waals surface area contributed by atoms with Crippen LogP contribution in [-0.4, -0.2) is 19.7 Å². The van der Waals surface area contributed by atoms with Crippen LogP contribution in [0.5, 0.6) is 5.75 Å². The van der Waals surface area contributed by atoms with E-state index >= 15 is 0 Å². The van der Waals surface area contributed by atoms with Gasteiger partial charge in [0.05, 0.1) is 7.11 Å². The molecule has 0 saturated heterocycles. The first-order valence-electron chi connectivity index (χ1n) is 6.27. The van der Waals surface area contributed by atoms with E-state index in [9.17, 15) is 0 Å². The Hall–Kier alpha value is -0.540. The van der Waals surface area contributed by atoms with Gasteiger partial charge in [0.1, 0.15) is 5.75 Å². The van der Waals surface area contributed by atoms with Gasteiger partial charge in [0.2, 0.25) is 0 Å². The summed E-state index contributed by atoms with van der Waals surface area (Å²) in [7, 11) is 1.73. The third kappa shape index (κ3) is 4.68. The summed E-state index contributed by atoms with van der Waals surface area (Å²) >= 11 is 3.51. The standard InChI is InChI=1S/C14H22BrNO/c1-4-13(16-5-2)8-6-11-10-12(15)7-9-14(11)17-3/h7,9-10,13,16H,4-6,8H2,1-3H3. The van der Waals surface area contributed by atoms with E-state index in [1.165, 1.54) is 12.0 Å². The zero-order valence-electron chi connectivity index (χ0n) is 10.9. The summed E-state index contributed by atoms with van der Waals surface area (Å²) in [5.41, 5.74) is 1.28. The molecular weight excluding hydrogens is 278 g/mol. The Kier molecular flexibility index (Phi) is 6.60. The molecule has 3 heteroatoms. The second-order valence-corrected chi connectivity index (χ2v) is 5.07. The van der Waals surface area contributed by atoms with Gasteiger partial charge in [-0.15, -0.1) is 0 Å². The molecule has 0 amide bonds. The monoisotopic (exact) mass is 299 g/mol. The molecule has 17 heavy (non-hydrogen) atoms. The van der Waals surface area contributed by atoms with Gasteiger partial charge in [-0.2, -0.15) is 0 Å². The number of ether oxygens (including phenoxy) is 1. The van der Waals surface area contributed by atoms with E-state index in [0.29, 0.717) is 6.04 Å². The lowest BCUT2D eigenvalue weighted by atomic mass is 10.0. The highest BCUT2D eigenvalue weighted by Gasteiger charge is 2.08. The van der Waals surface area contributed by atoms with Crippen molar-refractivity contribution < 1.29 is 4.74 Å². The fraction of sp³-hybridized carbons (Fsp3) is 0.571. The van der Waals surface area contributed by atoms with Crippen molar-refractivity contribution in [1.82, 2.24) is 5.32 Å². The van der Waals surface area contributed by atoms with Crippen molar-refractivity contribution in [2.24, 2.45) is 0 Å². The average Bonchev–Trinajstić information content (AvgIpc) is 2.34.